The van der Waals surface area contributed by atoms with Crippen LogP contribution in [0.25, 0.3) is 10.9 Å². The van der Waals surface area contributed by atoms with E-state index in [0.717, 1.165) is 47.7 Å². The van der Waals surface area contributed by atoms with E-state index < -0.39 is 0 Å². The Balaban J connectivity index is 1.43. The molecule has 27 heavy (non-hydrogen) atoms. The number of rotatable bonds is 5. The fourth-order valence-electron chi connectivity index (χ4n) is 3.50. The number of nitrogens with one attached hydrogen (secondary N) is 2. The molecule has 0 saturated carbocycles. The molecule has 2 aromatic heterocycles. The Labute approximate surface area is 158 Å². The summed E-state index contributed by atoms with van der Waals surface area (Å²) in [6.45, 7) is 7.43. The molecule has 0 atom stereocenters. The quantitative estimate of drug-likeness (QED) is 0.727. The predicted molar refractivity (Wildman–Crippen MR) is 104 cm³/mol. The third-order valence-electron chi connectivity index (χ3n) is 5.11. The highest BCUT2D eigenvalue weighted by molar-refractivity contribution is 5.92. The lowest BCUT2D eigenvalue weighted by atomic mass is 10.2. The molecule has 0 spiro atoms. The van der Waals surface area contributed by atoms with Crippen LogP contribution in [0, 0.1) is 0 Å². The number of hydrogen-bond acceptors (Lipinski definition) is 4. The van der Waals surface area contributed by atoms with Gasteiger partial charge in [-0.2, -0.15) is 5.10 Å². The minimum Gasteiger partial charge on any atom is -0.497 e. The molecule has 1 aliphatic rings. The molecule has 1 amide bonds. The summed E-state index contributed by atoms with van der Waals surface area (Å²) >= 11 is 0. The molecule has 3 aromatic rings. The number of aromatic amines is 1. The first-order valence-electron chi connectivity index (χ1n) is 9.28. The van der Waals surface area contributed by atoms with Crippen LogP contribution in [-0.2, 0) is 19.6 Å². The summed E-state index contributed by atoms with van der Waals surface area (Å²) in [7, 11) is 1.65. The second kappa shape index (κ2) is 7.08. The van der Waals surface area contributed by atoms with Crippen LogP contribution in [0.4, 0.5) is 0 Å². The zero-order valence-electron chi connectivity index (χ0n) is 16.0. The zero-order valence-corrected chi connectivity index (χ0v) is 16.0. The van der Waals surface area contributed by atoms with Crippen LogP contribution in [0.5, 0.6) is 5.75 Å². The molecular weight excluding hydrogens is 342 g/mol. The lowest BCUT2D eigenvalue weighted by molar-refractivity contribution is 0.0944. The van der Waals surface area contributed by atoms with Crippen molar-refractivity contribution >= 4 is 16.8 Å². The smallest absolute Gasteiger partial charge is 0.272 e. The van der Waals surface area contributed by atoms with Crippen LogP contribution in [0.1, 0.15) is 35.7 Å². The lowest BCUT2D eigenvalue weighted by Gasteiger charge is -2.30. The molecule has 0 aliphatic carbocycles. The normalized spacial score (nSPS) is 14.5. The van der Waals surface area contributed by atoms with E-state index in [0.29, 0.717) is 18.3 Å². The number of nitrogens with zero attached hydrogens (tertiary/aromatic N) is 3. The average Bonchev–Trinajstić information content (AvgIpc) is 3.28. The van der Waals surface area contributed by atoms with Crippen LogP contribution in [0.2, 0.25) is 0 Å². The number of benzene rings is 1. The van der Waals surface area contributed by atoms with Crippen molar-refractivity contribution in [1.29, 1.82) is 0 Å². The van der Waals surface area contributed by atoms with Crippen LogP contribution in [0.3, 0.4) is 0 Å². The summed E-state index contributed by atoms with van der Waals surface area (Å²) in [4.78, 5) is 18.2. The molecule has 0 radical (unpaired) electrons. The summed E-state index contributed by atoms with van der Waals surface area (Å²) in [5.41, 5.74) is 3.54. The van der Waals surface area contributed by atoms with Gasteiger partial charge in [-0.1, -0.05) is 0 Å². The Morgan fingerprint density at radius 2 is 2.15 bits per heavy atom. The molecule has 0 unspecified atom stereocenters. The number of hydrogen-bond donors (Lipinski definition) is 2. The Kier molecular flexibility index (Phi) is 4.61. The van der Waals surface area contributed by atoms with Crippen molar-refractivity contribution < 1.29 is 9.53 Å². The molecule has 0 bridgehead atoms. The second-order valence-electron chi connectivity index (χ2n) is 7.24. The average molecular weight is 367 g/mol. The number of carbonyl (C=O) groups excluding carboxylic acids is 1. The first kappa shape index (κ1) is 17.6. The highest BCUT2D eigenvalue weighted by Crippen LogP contribution is 2.21. The number of amides is 1. The predicted octanol–water partition coefficient (Wildman–Crippen LogP) is 2.53. The minimum atomic E-state index is -0.149. The van der Waals surface area contributed by atoms with Gasteiger partial charge in [0.25, 0.3) is 5.91 Å². The molecule has 1 aliphatic heterocycles. The van der Waals surface area contributed by atoms with Gasteiger partial charge in [0.1, 0.15) is 5.75 Å². The number of H-pyrrole nitrogens is 1. The maximum atomic E-state index is 12.5. The van der Waals surface area contributed by atoms with Crippen molar-refractivity contribution in [2.75, 3.05) is 13.7 Å². The van der Waals surface area contributed by atoms with Gasteiger partial charge < -0.3 is 15.0 Å². The first-order valence-corrected chi connectivity index (χ1v) is 9.28. The minimum absolute atomic E-state index is 0.149. The number of aromatic nitrogens is 3. The zero-order chi connectivity index (χ0) is 19.0. The SMILES string of the molecule is COc1ccc2[nH]c(CNC(=O)c3cc4n(n3)CCN(C(C)C)C4)cc2c1. The monoisotopic (exact) mass is 367 g/mol. The van der Waals surface area contributed by atoms with E-state index in [1.54, 1.807) is 7.11 Å². The van der Waals surface area contributed by atoms with Gasteiger partial charge in [0, 0.05) is 35.7 Å². The Morgan fingerprint density at radius 3 is 2.93 bits per heavy atom. The van der Waals surface area contributed by atoms with Crippen molar-refractivity contribution in [3.8, 4) is 5.75 Å². The fraction of sp³-hybridized carbons (Fsp3) is 0.400. The van der Waals surface area contributed by atoms with Crippen LogP contribution in [0.15, 0.2) is 30.3 Å². The molecule has 142 valence electrons. The Bertz CT molecular complexity index is 972. The van der Waals surface area contributed by atoms with E-state index in [9.17, 15) is 4.79 Å². The van der Waals surface area contributed by atoms with Gasteiger partial charge in [0.15, 0.2) is 5.69 Å². The van der Waals surface area contributed by atoms with E-state index in [1.165, 1.54) is 0 Å². The number of fused-ring (bicyclic) bond motifs is 2. The largest absolute Gasteiger partial charge is 0.497 e. The molecule has 3 heterocycles. The Hall–Kier alpha value is -2.80. The van der Waals surface area contributed by atoms with E-state index in [1.807, 2.05) is 35.0 Å². The van der Waals surface area contributed by atoms with Crippen molar-refractivity contribution in [2.45, 2.75) is 39.5 Å². The standard InChI is InChI=1S/C20H25N5O2/c1-13(2)24-6-7-25-16(12-24)10-19(23-25)20(26)21-11-15-8-14-9-17(27-3)4-5-18(14)22-15/h4-5,8-10,13,22H,6-7,11-12H2,1-3H3,(H,21,26). The summed E-state index contributed by atoms with van der Waals surface area (Å²) in [5, 5.41) is 8.49. The lowest BCUT2D eigenvalue weighted by Crippen LogP contribution is -2.38. The van der Waals surface area contributed by atoms with Gasteiger partial charge in [0.05, 0.1) is 25.9 Å². The molecule has 4 rings (SSSR count). The maximum Gasteiger partial charge on any atom is 0.272 e. The number of methoxy groups -OCH3 is 1. The van der Waals surface area contributed by atoms with Crippen molar-refractivity contribution in [3.63, 3.8) is 0 Å². The highest BCUT2D eigenvalue weighted by atomic mass is 16.5. The van der Waals surface area contributed by atoms with Crippen LogP contribution >= 0.6 is 0 Å². The van der Waals surface area contributed by atoms with Crippen LogP contribution < -0.4 is 10.1 Å². The van der Waals surface area contributed by atoms with Gasteiger partial charge in [0.2, 0.25) is 0 Å². The molecular formula is C20H25N5O2. The highest BCUT2D eigenvalue weighted by Gasteiger charge is 2.22. The molecule has 0 fully saturated rings. The summed E-state index contributed by atoms with van der Waals surface area (Å²) in [5.74, 6) is 0.667. The summed E-state index contributed by atoms with van der Waals surface area (Å²) < 4.78 is 7.20. The summed E-state index contributed by atoms with van der Waals surface area (Å²) in [6.07, 6.45) is 0. The topological polar surface area (TPSA) is 75.2 Å². The molecule has 0 saturated heterocycles. The summed E-state index contributed by atoms with van der Waals surface area (Å²) in [6, 6.07) is 10.3. The molecule has 7 nitrogen and oxygen atoms in total. The van der Waals surface area contributed by atoms with E-state index >= 15 is 0 Å². The van der Waals surface area contributed by atoms with Crippen molar-refractivity contribution in [3.05, 3.63) is 47.4 Å². The van der Waals surface area contributed by atoms with E-state index in [-0.39, 0.29) is 5.91 Å². The van der Waals surface area contributed by atoms with E-state index in [2.05, 4.69) is 34.1 Å². The second-order valence-corrected chi connectivity index (χ2v) is 7.24. The molecule has 1 aromatic carbocycles. The Morgan fingerprint density at radius 1 is 1.30 bits per heavy atom. The van der Waals surface area contributed by atoms with Gasteiger partial charge in [-0.3, -0.25) is 14.4 Å². The number of ether oxygens (including phenoxy) is 1. The molecule has 2 N–H and O–H groups in total. The van der Waals surface area contributed by atoms with Gasteiger partial charge in [-0.25, -0.2) is 0 Å². The number of carbonyl (C=O) groups is 1. The fourth-order valence-corrected chi connectivity index (χ4v) is 3.50. The maximum absolute atomic E-state index is 12.5. The molecule has 7 heteroatoms. The van der Waals surface area contributed by atoms with E-state index in [4.69, 9.17) is 4.74 Å². The van der Waals surface area contributed by atoms with Gasteiger partial charge >= 0.3 is 0 Å². The third-order valence-corrected chi connectivity index (χ3v) is 5.11. The van der Waals surface area contributed by atoms with Crippen molar-refractivity contribution in [1.82, 2.24) is 25.0 Å². The van der Waals surface area contributed by atoms with Crippen molar-refractivity contribution in [2.24, 2.45) is 0 Å². The van der Waals surface area contributed by atoms with Crippen LogP contribution in [-0.4, -0.2) is 45.3 Å². The third kappa shape index (κ3) is 3.55. The van der Waals surface area contributed by atoms with Gasteiger partial charge in [-0.05, 0) is 44.2 Å². The first-order chi connectivity index (χ1) is 13.0. The van der Waals surface area contributed by atoms with Gasteiger partial charge in [-0.15, -0.1) is 0 Å².